The van der Waals surface area contributed by atoms with Gasteiger partial charge in [-0.05, 0) is 130 Å². The largest absolute Gasteiger partial charge is 0.489 e. The quantitative estimate of drug-likeness (QED) is 0.0682. The van der Waals surface area contributed by atoms with Gasteiger partial charge in [0.25, 0.3) is 27.5 Å². The van der Waals surface area contributed by atoms with Gasteiger partial charge in [0.05, 0.1) is 34.1 Å². The van der Waals surface area contributed by atoms with Crippen molar-refractivity contribution in [1.29, 1.82) is 0 Å². The molecule has 10 rings (SSSR count). The maximum absolute atomic E-state index is 14.2. The maximum atomic E-state index is 14.2. The number of nitro groups is 1. The number of carbonyl (C=O) groups excluding carboxylic acids is 1. The molecule has 3 aromatic carbocycles. The predicted molar refractivity (Wildman–Crippen MR) is 259 cm³/mol. The van der Waals surface area contributed by atoms with Gasteiger partial charge in [0.15, 0.2) is 17.2 Å². The lowest BCUT2D eigenvalue weighted by Crippen LogP contribution is -2.54. The number of anilines is 2. The first-order chi connectivity index (χ1) is 32.6. The van der Waals surface area contributed by atoms with Crippen molar-refractivity contribution < 1.29 is 37.5 Å². The summed E-state index contributed by atoms with van der Waals surface area (Å²) in [7, 11) is -3.23. The highest BCUT2D eigenvalue weighted by Crippen LogP contribution is 2.54. The number of benzene rings is 3. The van der Waals surface area contributed by atoms with E-state index in [9.17, 15) is 28.4 Å². The molecule has 17 heteroatoms. The lowest BCUT2D eigenvalue weighted by molar-refractivity contribution is -0.384. The average molecular weight is 948 g/mol. The molecule has 0 unspecified atom stereocenters. The molecule has 1 spiro atoms. The van der Waals surface area contributed by atoms with Crippen molar-refractivity contribution in [3.63, 3.8) is 0 Å². The van der Waals surface area contributed by atoms with Gasteiger partial charge in [0.1, 0.15) is 18.0 Å². The summed E-state index contributed by atoms with van der Waals surface area (Å²) in [6, 6.07) is 20.5. The second-order valence-corrected chi connectivity index (χ2v) is 22.0. The van der Waals surface area contributed by atoms with Crippen molar-refractivity contribution in [2.75, 3.05) is 43.6 Å². The van der Waals surface area contributed by atoms with E-state index in [2.05, 4.69) is 67.9 Å². The predicted octanol–water partition coefficient (Wildman–Crippen LogP) is 9.21. The molecular formula is C51H61N7O9S. The number of aromatic nitrogens is 2. The summed E-state index contributed by atoms with van der Waals surface area (Å²) < 4.78 is 48.3. The van der Waals surface area contributed by atoms with Crippen LogP contribution in [-0.4, -0.2) is 90.3 Å². The molecule has 1 amide bonds. The Hall–Kier alpha value is -5.91. The van der Waals surface area contributed by atoms with Crippen molar-refractivity contribution in [3.05, 3.63) is 99.7 Å². The number of piperidine rings is 1. The van der Waals surface area contributed by atoms with E-state index in [1.165, 1.54) is 50.0 Å². The zero-order valence-electron chi connectivity index (χ0n) is 39.1. The number of aliphatic hydroxyl groups is 1. The SMILES string of the molecule is COc1nc2[nH]ccc2cc1Oc1cc(N2CCC3(CC2)CC(N2CCC[C@@H]2c2ccccc2C(C)C)C3)ccc1C(=O)NS(=O)(=O)c1cc2c(c([N+](=O)[O-])c1)N[C@@H]([C@H]1CC[C@](C)(O)CC1)CO2. The van der Waals surface area contributed by atoms with E-state index >= 15 is 0 Å². The van der Waals surface area contributed by atoms with Crippen LogP contribution >= 0.6 is 0 Å². The number of nitrogens with one attached hydrogen (secondary N) is 3. The van der Waals surface area contributed by atoms with Gasteiger partial charge in [-0.25, -0.2) is 13.1 Å². The van der Waals surface area contributed by atoms with E-state index in [4.69, 9.17) is 14.2 Å². The van der Waals surface area contributed by atoms with Crippen LogP contribution in [0.25, 0.3) is 11.0 Å². The highest BCUT2D eigenvalue weighted by Gasteiger charge is 2.50. The number of carbonyl (C=O) groups is 1. The van der Waals surface area contributed by atoms with Gasteiger partial charge in [-0.2, -0.15) is 4.98 Å². The number of fused-ring (bicyclic) bond motifs is 2. The second kappa shape index (κ2) is 17.9. The minimum atomic E-state index is -4.69. The maximum Gasteiger partial charge on any atom is 0.297 e. The molecule has 5 aliphatic rings. The summed E-state index contributed by atoms with van der Waals surface area (Å²) in [4.78, 5) is 38.1. The monoisotopic (exact) mass is 947 g/mol. The van der Waals surface area contributed by atoms with E-state index in [1.54, 1.807) is 37.4 Å². The molecule has 2 saturated heterocycles. The van der Waals surface area contributed by atoms with Gasteiger partial charge in [-0.1, -0.05) is 38.1 Å². The number of amides is 1. The fourth-order valence-corrected chi connectivity index (χ4v) is 12.7. The van der Waals surface area contributed by atoms with Crippen molar-refractivity contribution in [2.24, 2.45) is 11.3 Å². The standard InChI is InChI=1S/C51H61N7O9S/c1-31(2)37-8-5-6-9-38(37)41-10-7-21-57(41)35-28-51(29-35)18-22-56(23-19-51)34-11-12-39(43(25-34)67-45-24-33-15-20-52-47(33)54-49(45)65-4)48(59)55-68(63,64)36-26-42(58(61)62)46-44(27-36)66-30-40(53-46)32-13-16-50(3,60)17-14-32/h5-6,8-9,11-12,15,20,24-27,31-32,35,40-41,53,60H,7,10,13-14,16-19,21-23,28-30H2,1-4H3,(H,52,54)(H,55,59)/t32-,40-,41-,50-/m1/s1. The Morgan fingerprint density at radius 3 is 2.50 bits per heavy atom. The Labute approximate surface area is 397 Å². The molecule has 3 aliphatic heterocycles. The van der Waals surface area contributed by atoms with Gasteiger partial charge >= 0.3 is 0 Å². The Morgan fingerprint density at radius 1 is 1.00 bits per heavy atom. The molecule has 2 aliphatic carbocycles. The van der Waals surface area contributed by atoms with E-state index in [0.29, 0.717) is 49.3 Å². The number of rotatable bonds is 12. The molecule has 68 heavy (non-hydrogen) atoms. The summed E-state index contributed by atoms with van der Waals surface area (Å²) in [5.74, 6) is 0.0321. The molecule has 360 valence electrons. The van der Waals surface area contributed by atoms with Gasteiger partial charge in [0, 0.05) is 60.6 Å². The number of sulfonamides is 1. The van der Waals surface area contributed by atoms with Gasteiger partial charge in [-0.15, -0.1) is 0 Å². The third-order valence-electron chi connectivity index (χ3n) is 15.6. The Kier molecular flexibility index (Phi) is 12.1. The van der Waals surface area contributed by atoms with Crippen LogP contribution in [0.2, 0.25) is 0 Å². The van der Waals surface area contributed by atoms with Crippen molar-refractivity contribution in [3.8, 4) is 23.1 Å². The smallest absolute Gasteiger partial charge is 0.297 e. The molecule has 4 fully saturated rings. The lowest BCUT2D eigenvalue weighted by atomic mass is 9.59. The summed E-state index contributed by atoms with van der Waals surface area (Å²) in [5, 5.41) is 26.9. The lowest BCUT2D eigenvalue weighted by Gasteiger charge is -2.56. The molecule has 5 aromatic rings. The highest BCUT2D eigenvalue weighted by atomic mass is 32.2. The number of aromatic amines is 1. The van der Waals surface area contributed by atoms with E-state index in [0.717, 1.165) is 49.6 Å². The van der Waals surface area contributed by atoms with Crippen LogP contribution in [0.1, 0.15) is 118 Å². The number of nitrogens with zero attached hydrogens (tertiary/aromatic N) is 4. The number of H-pyrrole nitrogens is 1. The summed E-state index contributed by atoms with van der Waals surface area (Å²) >= 11 is 0. The molecule has 2 aromatic heterocycles. The van der Waals surface area contributed by atoms with Crippen LogP contribution in [0.5, 0.6) is 23.1 Å². The van der Waals surface area contributed by atoms with E-state index < -0.39 is 37.0 Å². The van der Waals surface area contributed by atoms with Crippen LogP contribution in [0.4, 0.5) is 17.1 Å². The Morgan fingerprint density at radius 2 is 1.76 bits per heavy atom. The molecule has 2 saturated carbocycles. The van der Waals surface area contributed by atoms with Crippen molar-refractivity contribution in [2.45, 2.75) is 120 Å². The summed E-state index contributed by atoms with van der Waals surface area (Å²) in [6.07, 6.45) is 11.2. The van der Waals surface area contributed by atoms with Crippen molar-refractivity contribution in [1.82, 2.24) is 19.6 Å². The average Bonchev–Trinajstić information content (AvgIpc) is 3.99. The van der Waals surface area contributed by atoms with Crippen LogP contribution < -0.4 is 29.1 Å². The first-order valence-electron chi connectivity index (χ1n) is 24.0. The molecule has 16 nitrogen and oxygen atoms in total. The minimum Gasteiger partial charge on any atom is -0.489 e. The number of ether oxygens (including phenoxy) is 3. The third kappa shape index (κ3) is 8.84. The van der Waals surface area contributed by atoms with Gasteiger partial charge in [-0.3, -0.25) is 19.8 Å². The van der Waals surface area contributed by atoms with Crippen LogP contribution in [-0.2, 0) is 10.0 Å². The van der Waals surface area contributed by atoms with E-state index in [1.807, 2.05) is 6.07 Å². The summed E-state index contributed by atoms with van der Waals surface area (Å²) in [5.41, 5.74) is 3.35. The molecule has 0 bridgehead atoms. The molecule has 2 atom stereocenters. The van der Waals surface area contributed by atoms with Crippen LogP contribution in [0, 0.1) is 21.4 Å². The third-order valence-corrected chi connectivity index (χ3v) is 16.9. The molecule has 0 radical (unpaired) electrons. The van der Waals surface area contributed by atoms with Gasteiger partial charge < -0.3 is 34.5 Å². The molecule has 5 heterocycles. The number of pyridine rings is 1. The topological polar surface area (TPSA) is 201 Å². The first kappa shape index (κ1) is 45.9. The fraction of sp³-hybridized carbons (Fsp3) is 0.490. The number of nitro benzene ring substituents is 1. The number of hydrogen-bond acceptors (Lipinski definition) is 13. The zero-order chi connectivity index (χ0) is 47.5. The number of hydrogen-bond donors (Lipinski definition) is 4. The Bertz CT molecular complexity index is 2840. The summed E-state index contributed by atoms with van der Waals surface area (Å²) in [6.45, 7) is 9.28. The molecule has 4 N–H and O–H groups in total. The minimum absolute atomic E-state index is 0.00687. The van der Waals surface area contributed by atoms with Gasteiger partial charge in [0.2, 0.25) is 0 Å². The second-order valence-electron chi connectivity index (χ2n) is 20.3. The molecular weight excluding hydrogens is 887 g/mol. The number of methoxy groups -OCH3 is 1. The van der Waals surface area contributed by atoms with Crippen molar-refractivity contribution >= 4 is 44.0 Å². The Balaban J connectivity index is 0.875. The van der Waals surface area contributed by atoms with E-state index in [-0.39, 0.29) is 58.4 Å². The number of likely N-dealkylation sites (tertiary alicyclic amines) is 1. The highest BCUT2D eigenvalue weighted by molar-refractivity contribution is 7.90. The normalized spacial score (nSPS) is 24.0. The zero-order valence-corrected chi connectivity index (χ0v) is 39.9. The van der Waals surface area contributed by atoms with Crippen LogP contribution in [0.3, 0.4) is 0 Å². The fourth-order valence-electron chi connectivity index (χ4n) is 11.7. The van der Waals surface area contributed by atoms with Crippen LogP contribution in [0.15, 0.2) is 77.8 Å². The first-order valence-corrected chi connectivity index (χ1v) is 25.5.